The van der Waals surface area contributed by atoms with Gasteiger partial charge in [-0.2, -0.15) is 0 Å². The molecule has 1 aliphatic rings. The van der Waals surface area contributed by atoms with Gasteiger partial charge in [0.15, 0.2) is 0 Å². The van der Waals surface area contributed by atoms with Crippen LogP contribution in [0.4, 0.5) is 0 Å². The number of aliphatic hydroxyl groups is 1. The topological polar surface area (TPSA) is 23.5 Å². The Labute approximate surface area is 202 Å². The highest BCUT2D eigenvalue weighted by Gasteiger charge is 2.47. The Morgan fingerprint density at radius 2 is 1.15 bits per heavy atom. The Balaban J connectivity index is 1.83. The predicted molar refractivity (Wildman–Crippen MR) is 138 cm³/mol. The second-order valence-electron chi connectivity index (χ2n) is 8.90. The Hall–Kier alpha value is -3.64. The first kappa shape index (κ1) is 22.2. The summed E-state index contributed by atoms with van der Waals surface area (Å²) in [5.41, 5.74) is 5.40. The number of hydrogen-bond acceptors (Lipinski definition) is 2. The molecule has 2 atom stereocenters. The van der Waals surface area contributed by atoms with E-state index >= 15 is 0 Å². The largest absolute Gasteiger partial charge is 0.396 e. The van der Waals surface area contributed by atoms with Crippen molar-refractivity contribution < 1.29 is 5.11 Å². The summed E-state index contributed by atoms with van der Waals surface area (Å²) in [6.07, 6.45) is 6.90. The molecule has 2 heteroatoms. The van der Waals surface area contributed by atoms with Crippen LogP contribution in [0.15, 0.2) is 115 Å². The lowest BCUT2D eigenvalue weighted by Gasteiger charge is -2.48. The van der Waals surface area contributed by atoms with Crippen molar-refractivity contribution in [2.24, 2.45) is 0 Å². The van der Waals surface area contributed by atoms with E-state index in [9.17, 15) is 5.11 Å². The lowest BCUT2D eigenvalue weighted by atomic mass is 9.74. The van der Waals surface area contributed by atoms with Crippen LogP contribution >= 0.6 is 0 Å². The molecular formula is C32H29NO. The molecule has 0 aliphatic heterocycles. The van der Waals surface area contributed by atoms with Gasteiger partial charge in [-0.15, -0.1) is 6.42 Å². The van der Waals surface area contributed by atoms with Gasteiger partial charge in [-0.3, -0.25) is 4.90 Å². The first-order valence-corrected chi connectivity index (χ1v) is 11.9. The van der Waals surface area contributed by atoms with E-state index in [1.54, 1.807) is 0 Å². The second kappa shape index (κ2) is 9.69. The average molecular weight is 444 g/mol. The summed E-state index contributed by atoms with van der Waals surface area (Å²) in [6, 6.07) is 40.6. The normalized spacial score (nSPS) is 17.3. The lowest BCUT2D eigenvalue weighted by molar-refractivity contribution is 0.108. The molecule has 0 radical (unpaired) electrons. The molecule has 0 bridgehead atoms. The fourth-order valence-electron chi connectivity index (χ4n) is 5.77. The standard InChI is InChI=1S/C32H29NO/c1-2-22-33(31-23-25(24-34)29-20-12-13-21-30(29)31)32(26-14-6-3-7-15-26,27-16-8-4-9-17-27)28-18-10-5-11-19-28/h1,3-21,25,31,34H,22-24H2. The van der Waals surface area contributed by atoms with Crippen molar-refractivity contribution in [3.63, 3.8) is 0 Å². The number of terminal acetylenes is 1. The first-order chi connectivity index (χ1) is 16.8. The summed E-state index contributed by atoms with van der Waals surface area (Å²) >= 11 is 0. The molecule has 0 spiro atoms. The van der Waals surface area contributed by atoms with Crippen molar-refractivity contribution in [3.05, 3.63) is 143 Å². The molecule has 34 heavy (non-hydrogen) atoms. The second-order valence-corrected chi connectivity index (χ2v) is 8.90. The van der Waals surface area contributed by atoms with Crippen molar-refractivity contribution in [2.75, 3.05) is 13.2 Å². The summed E-state index contributed by atoms with van der Waals surface area (Å²) in [5, 5.41) is 10.2. The Morgan fingerprint density at radius 1 is 0.706 bits per heavy atom. The Morgan fingerprint density at radius 3 is 1.59 bits per heavy atom. The van der Waals surface area contributed by atoms with E-state index in [4.69, 9.17) is 6.42 Å². The molecule has 1 aliphatic carbocycles. The van der Waals surface area contributed by atoms with E-state index < -0.39 is 5.54 Å². The van der Waals surface area contributed by atoms with Crippen LogP contribution < -0.4 is 0 Å². The van der Waals surface area contributed by atoms with E-state index in [-0.39, 0.29) is 18.6 Å². The fourth-order valence-corrected chi connectivity index (χ4v) is 5.77. The number of rotatable bonds is 7. The SMILES string of the molecule is C#CCN(C1CC(CO)c2ccccc21)C(c1ccccc1)(c1ccccc1)c1ccccc1. The number of hydrogen-bond donors (Lipinski definition) is 1. The highest BCUT2D eigenvalue weighted by atomic mass is 16.3. The van der Waals surface area contributed by atoms with Crippen molar-refractivity contribution in [1.82, 2.24) is 4.90 Å². The lowest BCUT2D eigenvalue weighted by Crippen LogP contribution is -2.49. The van der Waals surface area contributed by atoms with Gasteiger partial charge in [-0.05, 0) is 34.2 Å². The molecule has 168 valence electrons. The number of aliphatic hydroxyl groups excluding tert-OH is 1. The van der Waals surface area contributed by atoms with Crippen LogP contribution in [0.2, 0.25) is 0 Å². The van der Waals surface area contributed by atoms with E-state index in [0.29, 0.717) is 6.54 Å². The van der Waals surface area contributed by atoms with E-state index in [0.717, 1.165) is 6.42 Å². The summed E-state index contributed by atoms with van der Waals surface area (Å²) in [5.74, 6) is 3.08. The van der Waals surface area contributed by atoms with Gasteiger partial charge in [-0.25, -0.2) is 0 Å². The number of benzene rings is 4. The average Bonchev–Trinajstić information content (AvgIpc) is 3.29. The first-order valence-electron chi connectivity index (χ1n) is 11.9. The Kier molecular flexibility index (Phi) is 6.32. The summed E-state index contributed by atoms with van der Waals surface area (Å²) in [6.45, 7) is 0.599. The van der Waals surface area contributed by atoms with Crippen LogP contribution in [-0.2, 0) is 5.54 Å². The fraction of sp³-hybridized carbons (Fsp3) is 0.188. The van der Waals surface area contributed by atoms with Gasteiger partial charge < -0.3 is 5.11 Å². The molecule has 0 aromatic heterocycles. The van der Waals surface area contributed by atoms with Crippen LogP contribution in [-0.4, -0.2) is 23.2 Å². The third-order valence-electron chi connectivity index (χ3n) is 7.17. The molecular weight excluding hydrogens is 414 g/mol. The summed E-state index contributed by atoms with van der Waals surface area (Å²) in [7, 11) is 0. The van der Waals surface area contributed by atoms with Crippen LogP contribution in [0.3, 0.4) is 0 Å². The van der Waals surface area contributed by atoms with E-state index in [1.807, 2.05) is 0 Å². The molecule has 1 N–H and O–H groups in total. The van der Waals surface area contributed by atoms with Crippen LogP contribution in [0.1, 0.15) is 46.2 Å². The molecule has 2 unspecified atom stereocenters. The van der Waals surface area contributed by atoms with Gasteiger partial charge in [-0.1, -0.05) is 121 Å². The highest BCUT2D eigenvalue weighted by Crippen LogP contribution is 2.51. The van der Waals surface area contributed by atoms with Crippen LogP contribution in [0.25, 0.3) is 0 Å². The molecule has 4 aromatic carbocycles. The van der Waals surface area contributed by atoms with Gasteiger partial charge in [0, 0.05) is 12.0 Å². The molecule has 0 saturated carbocycles. The van der Waals surface area contributed by atoms with Crippen LogP contribution in [0, 0.1) is 12.3 Å². The minimum absolute atomic E-state index is 0.0602. The third kappa shape index (κ3) is 3.64. The zero-order chi connectivity index (χ0) is 23.4. The number of fused-ring (bicyclic) bond motifs is 1. The predicted octanol–water partition coefficient (Wildman–Crippen LogP) is 6.13. The smallest absolute Gasteiger partial charge is 0.0985 e. The van der Waals surface area contributed by atoms with Crippen molar-refractivity contribution in [3.8, 4) is 12.3 Å². The van der Waals surface area contributed by atoms with E-state index in [2.05, 4.69) is 126 Å². The van der Waals surface area contributed by atoms with Crippen molar-refractivity contribution >= 4 is 0 Å². The zero-order valence-corrected chi connectivity index (χ0v) is 19.2. The quantitative estimate of drug-likeness (QED) is 0.274. The molecule has 0 saturated heterocycles. The minimum Gasteiger partial charge on any atom is -0.396 e. The summed E-state index contributed by atoms with van der Waals surface area (Å²) in [4.78, 5) is 2.47. The van der Waals surface area contributed by atoms with Crippen LogP contribution in [0.5, 0.6) is 0 Å². The summed E-state index contributed by atoms with van der Waals surface area (Å²) < 4.78 is 0. The molecule has 0 amide bonds. The maximum absolute atomic E-state index is 10.2. The molecule has 2 nitrogen and oxygen atoms in total. The maximum Gasteiger partial charge on any atom is 0.0985 e. The van der Waals surface area contributed by atoms with Gasteiger partial charge in [0.2, 0.25) is 0 Å². The molecule has 4 aromatic rings. The Bertz CT molecular complexity index is 1160. The van der Waals surface area contributed by atoms with Gasteiger partial charge >= 0.3 is 0 Å². The maximum atomic E-state index is 10.2. The van der Waals surface area contributed by atoms with Crippen molar-refractivity contribution in [1.29, 1.82) is 0 Å². The van der Waals surface area contributed by atoms with Gasteiger partial charge in [0.1, 0.15) is 0 Å². The van der Waals surface area contributed by atoms with Gasteiger partial charge in [0.25, 0.3) is 0 Å². The van der Waals surface area contributed by atoms with E-state index in [1.165, 1.54) is 27.8 Å². The van der Waals surface area contributed by atoms with Crippen molar-refractivity contribution in [2.45, 2.75) is 23.9 Å². The molecule has 0 fully saturated rings. The third-order valence-corrected chi connectivity index (χ3v) is 7.17. The van der Waals surface area contributed by atoms with Gasteiger partial charge in [0.05, 0.1) is 18.7 Å². The number of nitrogens with zero attached hydrogens (tertiary/aromatic N) is 1. The monoisotopic (exact) mass is 443 g/mol. The zero-order valence-electron chi connectivity index (χ0n) is 19.2. The highest BCUT2D eigenvalue weighted by molar-refractivity contribution is 5.51. The molecule has 0 heterocycles. The minimum atomic E-state index is -0.599. The molecule has 5 rings (SSSR count).